The lowest BCUT2D eigenvalue weighted by atomic mass is 10.2. The van der Waals surface area contributed by atoms with Crippen LogP contribution in [0.1, 0.15) is 12.5 Å². The van der Waals surface area contributed by atoms with E-state index >= 15 is 0 Å². The first-order valence-corrected chi connectivity index (χ1v) is 6.76. The Morgan fingerprint density at radius 2 is 2.05 bits per heavy atom. The van der Waals surface area contributed by atoms with Crippen LogP contribution in [0, 0.1) is 0 Å². The van der Waals surface area contributed by atoms with Gasteiger partial charge in [-0.2, -0.15) is 4.98 Å². The van der Waals surface area contributed by atoms with E-state index in [1.165, 1.54) is 0 Å². The zero-order valence-corrected chi connectivity index (χ0v) is 12.4. The first kappa shape index (κ1) is 14.3. The van der Waals surface area contributed by atoms with Gasteiger partial charge in [0.2, 0.25) is 5.88 Å². The minimum absolute atomic E-state index is 0.385. The van der Waals surface area contributed by atoms with Gasteiger partial charge >= 0.3 is 0 Å². The number of pyridine rings is 1. The Kier molecular flexibility index (Phi) is 4.53. The van der Waals surface area contributed by atoms with E-state index in [2.05, 4.69) is 4.98 Å². The topological polar surface area (TPSA) is 51.4 Å². The van der Waals surface area contributed by atoms with Gasteiger partial charge in [0.25, 0.3) is 0 Å². The highest BCUT2D eigenvalue weighted by Crippen LogP contribution is 2.24. The number of ether oxygens (including phenoxy) is 1. The minimum atomic E-state index is 0.385. The SMILES string of the molecule is CCOc1cccc(N(C)c2cccc(C(N)=S)c2)n1. The van der Waals surface area contributed by atoms with Crippen molar-refractivity contribution in [1.29, 1.82) is 0 Å². The van der Waals surface area contributed by atoms with Gasteiger partial charge in [0.1, 0.15) is 10.8 Å². The van der Waals surface area contributed by atoms with Crippen molar-refractivity contribution in [3.05, 3.63) is 48.0 Å². The zero-order valence-electron chi connectivity index (χ0n) is 11.5. The molecule has 0 saturated carbocycles. The molecule has 0 aliphatic carbocycles. The maximum atomic E-state index is 5.66. The van der Waals surface area contributed by atoms with Crippen LogP contribution in [-0.4, -0.2) is 23.6 Å². The molecule has 5 heteroatoms. The molecular formula is C15H17N3OS. The summed E-state index contributed by atoms with van der Waals surface area (Å²) in [5.74, 6) is 1.42. The summed E-state index contributed by atoms with van der Waals surface area (Å²) < 4.78 is 5.42. The first-order valence-electron chi connectivity index (χ1n) is 6.35. The largest absolute Gasteiger partial charge is 0.478 e. The standard InChI is InChI=1S/C15H17N3OS/c1-3-19-14-9-5-8-13(17-14)18(2)12-7-4-6-11(10-12)15(16)20/h4-10H,3H2,1-2H3,(H2,16,20). The van der Waals surface area contributed by atoms with E-state index in [1.807, 2.05) is 61.3 Å². The average molecular weight is 287 g/mol. The first-order chi connectivity index (χ1) is 9.61. The van der Waals surface area contributed by atoms with Gasteiger partial charge in [-0.3, -0.25) is 0 Å². The number of thiocarbonyl (C=S) groups is 1. The molecule has 0 radical (unpaired) electrons. The maximum Gasteiger partial charge on any atom is 0.215 e. The second-order valence-corrected chi connectivity index (χ2v) is 4.68. The van der Waals surface area contributed by atoms with E-state index in [1.54, 1.807) is 0 Å². The molecule has 0 saturated heterocycles. The highest BCUT2D eigenvalue weighted by atomic mass is 32.1. The molecule has 1 aromatic heterocycles. The summed E-state index contributed by atoms with van der Waals surface area (Å²) in [7, 11) is 1.94. The summed E-state index contributed by atoms with van der Waals surface area (Å²) in [5, 5.41) is 0. The highest BCUT2D eigenvalue weighted by Gasteiger charge is 2.08. The summed E-state index contributed by atoms with van der Waals surface area (Å²) in [5.41, 5.74) is 7.47. The third kappa shape index (κ3) is 3.24. The molecule has 104 valence electrons. The number of aromatic nitrogens is 1. The van der Waals surface area contributed by atoms with Gasteiger partial charge in [-0.1, -0.05) is 30.4 Å². The van der Waals surface area contributed by atoms with Crippen LogP contribution >= 0.6 is 12.2 Å². The van der Waals surface area contributed by atoms with Gasteiger partial charge in [0.15, 0.2) is 0 Å². The number of nitrogens with two attached hydrogens (primary N) is 1. The lowest BCUT2D eigenvalue weighted by Crippen LogP contribution is -2.14. The predicted octanol–water partition coefficient (Wildman–Crippen LogP) is 2.88. The van der Waals surface area contributed by atoms with E-state index in [0.717, 1.165) is 17.1 Å². The Morgan fingerprint density at radius 3 is 2.75 bits per heavy atom. The number of hydrogen-bond donors (Lipinski definition) is 1. The van der Waals surface area contributed by atoms with Crippen LogP contribution in [0.4, 0.5) is 11.5 Å². The molecule has 2 N–H and O–H groups in total. The average Bonchev–Trinajstić information content (AvgIpc) is 2.47. The van der Waals surface area contributed by atoms with Crippen molar-refractivity contribution in [3.8, 4) is 5.88 Å². The highest BCUT2D eigenvalue weighted by molar-refractivity contribution is 7.80. The molecule has 1 aromatic carbocycles. The van der Waals surface area contributed by atoms with E-state index < -0.39 is 0 Å². The van der Waals surface area contributed by atoms with Crippen LogP contribution < -0.4 is 15.4 Å². The number of rotatable bonds is 5. The van der Waals surface area contributed by atoms with Crippen molar-refractivity contribution >= 4 is 28.7 Å². The number of anilines is 2. The van der Waals surface area contributed by atoms with Crippen LogP contribution in [0.15, 0.2) is 42.5 Å². The summed E-state index contributed by atoms with van der Waals surface area (Å²) in [4.78, 5) is 6.80. The van der Waals surface area contributed by atoms with Crippen molar-refractivity contribution in [3.63, 3.8) is 0 Å². The maximum absolute atomic E-state index is 5.66. The van der Waals surface area contributed by atoms with E-state index in [0.29, 0.717) is 17.5 Å². The fourth-order valence-corrected chi connectivity index (χ4v) is 1.95. The van der Waals surface area contributed by atoms with Gasteiger partial charge < -0.3 is 15.4 Å². The second-order valence-electron chi connectivity index (χ2n) is 4.24. The predicted molar refractivity (Wildman–Crippen MR) is 85.8 cm³/mol. The van der Waals surface area contributed by atoms with Crippen molar-refractivity contribution < 1.29 is 4.74 Å². The number of nitrogens with zero attached hydrogens (tertiary/aromatic N) is 2. The molecule has 2 aromatic rings. The van der Waals surface area contributed by atoms with Gasteiger partial charge in [-0.05, 0) is 25.1 Å². The van der Waals surface area contributed by atoms with Crippen LogP contribution in [-0.2, 0) is 0 Å². The van der Waals surface area contributed by atoms with Gasteiger partial charge in [0.05, 0.1) is 6.61 Å². The van der Waals surface area contributed by atoms with Gasteiger partial charge in [-0.25, -0.2) is 0 Å². The smallest absolute Gasteiger partial charge is 0.215 e. The molecule has 0 amide bonds. The molecule has 0 bridgehead atoms. The fraction of sp³-hybridized carbons (Fsp3) is 0.200. The van der Waals surface area contributed by atoms with Crippen LogP contribution in [0.2, 0.25) is 0 Å². The van der Waals surface area contributed by atoms with Crippen molar-refractivity contribution in [2.45, 2.75) is 6.92 Å². The zero-order chi connectivity index (χ0) is 14.5. The Morgan fingerprint density at radius 1 is 1.30 bits per heavy atom. The van der Waals surface area contributed by atoms with Crippen LogP contribution in [0.25, 0.3) is 0 Å². The molecular weight excluding hydrogens is 270 g/mol. The quantitative estimate of drug-likeness (QED) is 0.857. The molecule has 0 atom stereocenters. The third-order valence-electron chi connectivity index (χ3n) is 2.86. The Balaban J connectivity index is 2.30. The fourth-order valence-electron chi connectivity index (χ4n) is 1.82. The molecule has 0 aliphatic rings. The molecule has 0 spiro atoms. The monoisotopic (exact) mass is 287 g/mol. The number of benzene rings is 1. The molecule has 0 fully saturated rings. The van der Waals surface area contributed by atoms with Gasteiger partial charge in [0, 0.05) is 24.4 Å². The third-order valence-corrected chi connectivity index (χ3v) is 3.10. The Labute approximate surface area is 124 Å². The van der Waals surface area contributed by atoms with E-state index in [-0.39, 0.29) is 0 Å². The molecule has 0 unspecified atom stereocenters. The van der Waals surface area contributed by atoms with Crippen molar-refractivity contribution in [2.24, 2.45) is 5.73 Å². The Hall–Kier alpha value is -2.14. The molecule has 2 rings (SSSR count). The van der Waals surface area contributed by atoms with E-state index in [9.17, 15) is 0 Å². The van der Waals surface area contributed by atoms with Crippen molar-refractivity contribution in [2.75, 3.05) is 18.6 Å². The minimum Gasteiger partial charge on any atom is -0.478 e. The summed E-state index contributed by atoms with van der Waals surface area (Å²) in [6.07, 6.45) is 0. The lowest BCUT2D eigenvalue weighted by Gasteiger charge is -2.19. The van der Waals surface area contributed by atoms with Crippen LogP contribution in [0.5, 0.6) is 5.88 Å². The normalized spacial score (nSPS) is 10.1. The number of hydrogen-bond acceptors (Lipinski definition) is 4. The summed E-state index contributed by atoms with van der Waals surface area (Å²) in [6.45, 7) is 2.53. The summed E-state index contributed by atoms with van der Waals surface area (Å²) in [6, 6.07) is 13.4. The molecule has 1 heterocycles. The molecule has 4 nitrogen and oxygen atoms in total. The summed E-state index contributed by atoms with van der Waals surface area (Å²) >= 11 is 5.00. The Bertz CT molecular complexity index is 616. The van der Waals surface area contributed by atoms with Crippen LogP contribution in [0.3, 0.4) is 0 Å². The molecule has 0 aliphatic heterocycles. The van der Waals surface area contributed by atoms with E-state index in [4.69, 9.17) is 22.7 Å². The second kappa shape index (κ2) is 6.34. The lowest BCUT2D eigenvalue weighted by molar-refractivity contribution is 0.327. The van der Waals surface area contributed by atoms with Crippen molar-refractivity contribution in [1.82, 2.24) is 4.98 Å². The van der Waals surface area contributed by atoms with Gasteiger partial charge in [-0.15, -0.1) is 0 Å². The molecule has 20 heavy (non-hydrogen) atoms.